The van der Waals surface area contributed by atoms with E-state index >= 15 is 0 Å². The van der Waals surface area contributed by atoms with Crippen LogP contribution in [0.1, 0.15) is 29.6 Å². The highest BCUT2D eigenvalue weighted by Crippen LogP contribution is 2.32. The first-order chi connectivity index (χ1) is 9.65. The van der Waals surface area contributed by atoms with Gasteiger partial charge in [-0.1, -0.05) is 15.9 Å². The van der Waals surface area contributed by atoms with E-state index in [0.717, 1.165) is 43.5 Å². The third-order valence-electron chi connectivity index (χ3n) is 3.92. The van der Waals surface area contributed by atoms with Crippen LogP contribution in [0.5, 0.6) is 5.75 Å². The van der Waals surface area contributed by atoms with Crippen molar-refractivity contribution in [1.29, 1.82) is 0 Å². The fourth-order valence-corrected chi connectivity index (χ4v) is 2.98. The van der Waals surface area contributed by atoms with Gasteiger partial charge in [0.15, 0.2) is 0 Å². The zero-order valence-electron chi connectivity index (χ0n) is 11.2. The summed E-state index contributed by atoms with van der Waals surface area (Å²) in [5.74, 6) is 0.402. The van der Waals surface area contributed by atoms with E-state index in [4.69, 9.17) is 4.74 Å². The summed E-state index contributed by atoms with van der Waals surface area (Å²) in [4.78, 5) is 14.6. The highest BCUT2D eigenvalue weighted by atomic mass is 79.9. The molecule has 1 aromatic rings. The average Bonchev–Trinajstić information content (AvgIpc) is 3.12. The second-order valence-corrected chi connectivity index (χ2v) is 6.50. The van der Waals surface area contributed by atoms with Gasteiger partial charge in [-0.2, -0.15) is 0 Å². The molecule has 1 heterocycles. The van der Waals surface area contributed by atoms with Crippen LogP contribution < -0.4 is 0 Å². The quantitative estimate of drug-likeness (QED) is 0.917. The van der Waals surface area contributed by atoms with E-state index in [1.165, 1.54) is 0 Å². The topological polar surface area (TPSA) is 49.8 Å². The first-order valence-corrected chi connectivity index (χ1v) is 7.81. The monoisotopic (exact) mass is 339 g/mol. The number of aromatic hydroxyl groups is 1. The molecular formula is C15H18BrNO3. The number of hydrogen-bond donors (Lipinski definition) is 1. The Bertz CT molecular complexity index is 510. The molecule has 1 aliphatic heterocycles. The molecular weight excluding hydrogens is 322 g/mol. The van der Waals surface area contributed by atoms with Gasteiger partial charge in [0.1, 0.15) is 5.75 Å². The molecule has 0 aromatic heterocycles. The predicted molar refractivity (Wildman–Crippen MR) is 78.8 cm³/mol. The Kier molecular flexibility index (Phi) is 3.98. The van der Waals surface area contributed by atoms with Crippen molar-refractivity contribution in [3.8, 4) is 5.75 Å². The van der Waals surface area contributed by atoms with Crippen LogP contribution in [0.15, 0.2) is 22.7 Å². The number of carbonyl (C=O) groups excluding carboxylic acids is 1. The van der Waals surface area contributed by atoms with Gasteiger partial charge in [-0.25, -0.2) is 0 Å². The average molecular weight is 340 g/mol. The van der Waals surface area contributed by atoms with Crippen molar-refractivity contribution in [2.45, 2.75) is 25.3 Å². The van der Waals surface area contributed by atoms with Gasteiger partial charge in [0, 0.05) is 29.6 Å². The molecule has 0 spiro atoms. The zero-order valence-corrected chi connectivity index (χ0v) is 12.8. The van der Waals surface area contributed by atoms with Crippen LogP contribution in [0.4, 0.5) is 0 Å². The molecule has 1 amide bonds. The number of rotatable bonds is 4. The Balaban J connectivity index is 1.77. The minimum atomic E-state index is -0.0654. The number of halogens is 1. The predicted octanol–water partition coefficient (Wildman–Crippen LogP) is 2.80. The molecule has 1 saturated heterocycles. The van der Waals surface area contributed by atoms with Gasteiger partial charge in [0.05, 0.1) is 12.2 Å². The summed E-state index contributed by atoms with van der Waals surface area (Å²) in [5.41, 5.74) is 0.388. The van der Waals surface area contributed by atoms with Crippen molar-refractivity contribution < 1.29 is 14.6 Å². The van der Waals surface area contributed by atoms with Gasteiger partial charge in [0.25, 0.3) is 5.91 Å². The first kappa shape index (κ1) is 13.9. The minimum Gasteiger partial charge on any atom is -0.507 e. The molecule has 4 nitrogen and oxygen atoms in total. The summed E-state index contributed by atoms with van der Waals surface area (Å²) in [7, 11) is 0. The summed E-state index contributed by atoms with van der Waals surface area (Å²) in [6.07, 6.45) is 3.15. The van der Waals surface area contributed by atoms with Crippen molar-refractivity contribution in [2.75, 3.05) is 19.8 Å². The number of benzene rings is 1. The normalized spacial score (nSPS) is 21.9. The van der Waals surface area contributed by atoms with Crippen LogP contribution in [0.2, 0.25) is 0 Å². The molecule has 1 atom stereocenters. The maximum absolute atomic E-state index is 12.7. The summed E-state index contributed by atoms with van der Waals surface area (Å²) in [6.45, 7) is 2.27. The molecule has 0 bridgehead atoms. The lowest BCUT2D eigenvalue weighted by Crippen LogP contribution is -2.37. The summed E-state index contributed by atoms with van der Waals surface area (Å²) in [5, 5.41) is 9.97. The Morgan fingerprint density at radius 3 is 2.80 bits per heavy atom. The standard InChI is InChI=1S/C15H18BrNO3/c16-11-1-4-13(14(18)7-11)15(19)17(12-2-3-12)8-10-5-6-20-9-10/h1,4,7,10,12,18H,2-3,5-6,8-9H2. The largest absolute Gasteiger partial charge is 0.507 e. The van der Waals surface area contributed by atoms with Crippen molar-refractivity contribution in [1.82, 2.24) is 4.90 Å². The zero-order chi connectivity index (χ0) is 14.1. The molecule has 1 aliphatic carbocycles. The van der Waals surface area contributed by atoms with Gasteiger partial charge in [-0.05, 0) is 37.5 Å². The minimum absolute atomic E-state index is 0.0395. The number of ether oxygens (including phenoxy) is 1. The van der Waals surface area contributed by atoms with Crippen LogP contribution in [0.3, 0.4) is 0 Å². The van der Waals surface area contributed by atoms with Crippen LogP contribution in [0.25, 0.3) is 0 Å². The summed E-state index contributed by atoms with van der Waals surface area (Å²) in [6, 6.07) is 5.38. The Morgan fingerprint density at radius 1 is 1.40 bits per heavy atom. The van der Waals surface area contributed by atoms with Crippen molar-refractivity contribution in [3.63, 3.8) is 0 Å². The van der Waals surface area contributed by atoms with Crippen LogP contribution >= 0.6 is 15.9 Å². The van der Waals surface area contributed by atoms with E-state index < -0.39 is 0 Å². The number of carbonyl (C=O) groups is 1. The van der Waals surface area contributed by atoms with Crippen molar-refractivity contribution in [3.05, 3.63) is 28.2 Å². The molecule has 20 heavy (non-hydrogen) atoms. The van der Waals surface area contributed by atoms with E-state index in [-0.39, 0.29) is 11.7 Å². The number of phenolic OH excluding ortho intramolecular Hbond substituents is 1. The van der Waals surface area contributed by atoms with Gasteiger partial charge < -0.3 is 14.7 Å². The molecule has 3 rings (SSSR count). The molecule has 2 fully saturated rings. The first-order valence-electron chi connectivity index (χ1n) is 7.02. The Hall–Kier alpha value is -1.07. The second kappa shape index (κ2) is 5.74. The summed E-state index contributed by atoms with van der Waals surface area (Å²) < 4.78 is 6.16. The van der Waals surface area contributed by atoms with E-state index in [1.807, 2.05) is 4.90 Å². The second-order valence-electron chi connectivity index (χ2n) is 5.58. The lowest BCUT2D eigenvalue weighted by Gasteiger charge is -2.25. The highest BCUT2D eigenvalue weighted by molar-refractivity contribution is 9.10. The molecule has 2 aliphatic rings. The van der Waals surface area contributed by atoms with E-state index in [9.17, 15) is 9.90 Å². The fraction of sp³-hybridized carbons (Fsp3) is 0.533. The SMILES string of the molecule is O=C(c1ccc(Br)cc1O)N(CC1CCOC1)C1CC1. The van der Waals surface area contributed by atoms with E-state index in [1.54, 1.807) is 18.2 Å². The molecule has 5 heteroatoms. The molecule has 1 N–H and O–H groups in total. The maximum atomic E-state index is 12.7. The van der Waals surface area contributed by atoms with Crippen molar-refractivity contribution in [2.24, 2.45) is 5.92 Å². The van der Waals surface area contributed by atoms with Crippen LogP contribution in [-0.4, -0.2) is 41.7 Å². The van der Waals surface area contributed by atoms with Gasteiger partial charge in [-0.15, -0.1) is 0 Å². The number of hydrogen-bond acceptors (Lipinski definition) is 3. The Morgan fingerprint density at radius 2 is 2.20 bits per heavy atom. The number of nitrogens with zero attached hydrogens (tertiary/aromatic N) is 1. The van der Waals surface area contributed by atoms with Crippen molar-refractivity contribution >= 4 is 21.8 Å². The Labute approximate surface area is 126 Å². The summed E-state index contributed by atoms with van der Waals surface area (Å²) >= 11 is 3.29. The lowest BCUT2D eigenvalue weighted by atomic mass is 10.1. The van der Waals surface area contributed by atoms with Crippen LogP contribution in [-0.2, 0) is 4.74 Å². The fourth-order valence-electron chi connectivity index (χ4n) is 2.63. The number of phenols is 1. The smallest absolute Gasteiger partial charge is 0.257 e. The molecule has 1 aromatic carbocycles. The van der Waals surface area contributed by atoms with Gasteiger partial charge >= 0.3 is 0 Å². The van der Waals surface area contributed by atoms with Crippen LogP contribution in [0, 0.1) is 5.92 Å². The molecule has 0 radical (unpaired) electrons. The third-order valence-corrected chi connectivity index (χ3v) is 4.41. The molecule has 1 saturated carbocycles. The molecule has 1 unspecified atom stereocenters. The number of amides is 1. The van der Waals surface area contributed by atoms with E-state index in [2.05, 4.69) is 15.9 Å². The van der Waals surface area contributed by atoms with Gasteiger partial charge in [-0.3, -0.25) is 4.79 Å². The van der Waals surface area contributed by atoms with Gasteiger partial charge in [0.2, 0.25) is 0 Å². The van der Waals surface area contributed by atoms with E-state index in [0.29, 0.717) is 17.5 Å². The highest BCUT2D eigenvalue weighted by Gasteiger charge is 2.35. The molecule has 108 valence electrons. The lowest BCUT2D eigenvalue weighted by molar-refractivity contribution is 0.0703. The maximum Gasteiger partial charge on any atom is 0.257 e. The third kappa shape index (κ3) is 2.99.